The van der Waals surface area contributed by atoms with Gasteiger partial charge in [-0.25, -0.2) is 0 Å². The average molecular weight is 222 g/mol. The monoisotopic (exact) mass is 222 g/mol. The number of hydrogen-bond acceptors (Lipinski definition) is 3. The molecule has 1 aromatic rings. The van der Waals surface area contributed by atoms with Crippen molar-refractivity contribution >= 4 is 5.91 Å². The molecule has 2 rings (SSSR count). The number of amides is 1. The fourth-order valence-electron chi connectivity index (χ4n) is 1.98. The summed E-state index contributed by atoms with van der Waals surface area (Å²) in [5, 5.41) is 6.97. The quantitative estimate of drug-likeness (QED) is 0.754. The Morgan fingerprint density at radius 2 is 2.38 bits per heavy atom. The molecule has 0 radical (unpaired) electrons. The van der Waals surface area contributed by atoms with Gasteiger partial charge in [0.2, 0.25) is 0 Å². The normalized spacial score (nSPS) is 27.2. The van der Waals surface area contributed by atoms with Crippen LogP contribution in [-0.2, 0) is 7.05 Å². The van der Waals surface area contributed by atoms with Gasteiger partial charge in [0.25, 0.3) is 5.91 Å². The van der Waals surface area contributed by atoms with Crippen molar-refractivity contribution in [1.82, 2.24) is 15.1 Å². The van der Waals surface area contributed by atoms with Crippen molar-refractivity contribution in [2.75, 3.05) is 0 Å². The van der Waals surface area contributed by atoms with Crippen LogP contribution in [0.1, 0.15) is 30.6 Å². The second kappa shape index (κ2) is 3.59. The molecule has 5 nitrogen and oxygen atoms in total. The summed E-state index contributed by atoms with van der Waals surface area (Å²) in [5.41, 5.74) is 6.48. The third kappa shape index (κ3) is 1.71. The molecule has 0 aliphatic heterocycles. The minimum Gasteiger partial charge on any atom is -0.349 e. The van der Waals surface area contributed by atoms with Gasteiger partial charge in [-0.15, -0.1) is 0 Å². The molecular weight excluding hydrogens is 204 g/mol. The van der Waals surface area contributed by atoms with E-state index < -0.39 is 0 Å². The first-order chi connectivity index (χ1) is 7.41. The van der Waals surface area contributed by atoms with Crippen LogP contribution in [0.2, 0.25) is 0 Å². The Labute approximate surface area is 95.0 Å². The van der Waals surface area contributed by atoms with Crippen LogP contribution in [0.5, 0.6) is 0 Å². The highest BCUT2D eigenvalue weighted by Crippen LogP contribution is 2.39. The lowest BCUT2D eigenvalue weighted by atomic mass is 9.63. The molecule has 0 saturated heterocycles. The minimum absolute atomic E-state index is 0.0160. The van der Waals surface area contributed by atoms with Crippen molar-refractivity contribution in [1.29, 1.82) is 0 Å². The van der Waals surface area contributed by atoms with Crippen LogP contribution in [0.15, 0.2) is 12.4 Å². The fraction of sp³-hybridized carbons (Fsp3) is 0.636. The molecule has 1 aliphatic rings. The standard InChI is InChI=1S/C11H18N4O/c1-11(2)8(12)4-9(11)14-10(16)7-5-13-15(3)6-7/h5-6,8-9H,4,12H2,1-3H3,(H,14,16). The zero-order chi connectivity index (χ0) is 11.9. The van der Waals surface area contributed by atoms with E-state index in [2.05, 4.69) is 24.3 Å². The van der Waals surface area contributed by atoms with Gasteiger partial charge in [-0.05, 0) is 6.42 Å². The summed E-state index contributed by atoms with van der Waals surface area (Å²) in [7, 11) is 1.79. The number of carbonyl (C=O) groups excluding carboxylic acids is 1. The number of nitrogens with two attached hydrogens (primary N) is 1. The lowest BCUT2D eigenvalue weighted by Gasteiger charge is -2.50. The molecule has 0 aromatic carbocycles. The first-order valence-electron chi connectivity index (χ1n) is 5.46. The largest absolute Gasteiger partial charge is 0.349 e. The van der Waals surface area contributed by atoms with Crippen molar-refractivity contribution < 1.29 is 4.79 Å². The van der Waals surface area contributed by atoms with Gasteiger partial charge < -0.3 is 11.1 Å². The summed E-state index contributed by atoms with van der Waals surface area (Å²) in [6, 6.07) is 0.335. The molecule has 2 unspecified atom stereocenters. The first-order valence-corrected chi connectivity index (χ1v) is 5.46. The van der Waals surface area contributed by atoms with Crippen LogP contribution in [0.25, 0.3) is 0 Å². The maximum absolute atomic E-state index is 11.9. The summed E-state index contributed by atoms with van der Waals surface area (Å²) < 4.78 is 1.62. The summed E-state index contributed by atoms with van der Waals surface area (Å²) in [6.45, 7) is 4.16. The molecule has 0 bridgehead atoms. The van der Waals surface area contributed by atoms with E-state index in [-0.39, 0.29) is 23.4 Å². The fourth-order valence-corrected chi connectivity index (χ4v) is 1.98. The van der Waals surface area contributed by atoms with Crippen molar-refractivity contribution in [3.8, 4) is 0 Å². The van der Waals surface area contributed by atoms with Crippen LogP contribution in [0.4, 0.5) is 0 Å². The van der Waals surface area contributed by atoms with Crippen LogP contribution >= 0.6 is 0 Å². The molecule has 1 saturated carbocycles. The third-order valence-electron chi connectivity index (χ3n) is 3.62. The lowest BCUT2D eigenvalue weighted by Crippen LogP contribution is -2.64. The summed E-state index contributed by atoms with van der Waals surface area (Å²) in [6.07, 6.45) is 4.13. The highest BCUT2D eigenvalue weighted by Gasteiger charge is 2.46. The van der Waals surface area contributed by atoms with E-state index in [1.165, 1.54) is 0 Å². The molecule has 3 N–H and O–H groups in total. The van der Waals surface area contributed by atoms with Crippen molar-refractivity contribution in [3.63, 3.8) is 0 Å². The lowest BCUT2D eigenvalue weighted by molar-refractivity contribution is 0.0586. The highest BCUT2D eigenvalue weighted by atomic mass is 16.1. The Morgan fingerprint density at radius 1 is 1.69 bits per heavy atom. The van der Waals surface area contributed by atoms with E-state index in [1.807, 2.05) is 0 Å². The number of rotatable bonds is 2. The molecular formula is C11H18N4O. The number of aryl methyl sites for hydroxylation is 1. The van der Waals surface area contributed by atoms with E-state index in [9.17, 15) is 4.79 Å². The number of nitrogens with zero attached hydrogens (tertiary/aromatic N) is 2. The predicted octanol–water partition coefficient (Wildman–Crippen LogP) is 0.276. The minimum atomic E-state index is -0.0712. The molecule has 0 spiro atoms. The molecule has 1 heterocycles. The zero-order valence-electron chi connectivity index (χ0n) is 9.90. The molecule has 1 fully saturated rings. The van der Waals surface area contributed by atoms with Crippen LogP contribution in [0, 0.1) is 5.41 Å². The predicted molar refractivity (Wildman–Crippen MR) is 60.8 cm³/mol. The summed E-state index contributed by atoms with van der Waals surface area (Å²) >= 11 is 0. The summed E-state index contributed by atoms with van der Waals surface area (Å²) in [4.78, 5) is 11.9. The van der Waals surface area contributed by atoms with Gasteiger partial charge in [0.15, 0.2) is 0 Å². The molecule has 88 valence electrons. The smallest absolute Gasteiger partial charge is 0.254 e. The van der Waals surface area contributed by atoms with Gasteiger partial charge >= 0.3 is 0 Å². The Morgan fingerprint density at radius 3 is 2.81 bits per heavy atom. The Balaban J connectivity index is 1.99. The van der Waals surface area contributed by atoms with E-state index >= 15 is 0 Å². The Kier molecular flexibility index (Phi) is 2.50. The van der Waals surface area contributed by atoms with Gasteiger partial charge in [-0.2, -0.15) is 5.10 Å². The van der Waals surface area contributed by atoms with Gasteiger partial charge in [-0.3, -0.25) is 9.48 Å². The van der Waals surface area contributed by atoms with Crippen molar-refractivity contribution in [2.24, 2.45) is 18.2 Å². The second-order valence-corrected chi connectivity index (χ2v) is 5.09. The third-order valence-corrected chi connectivity index (χ3v) is 3.62. The summed E-state index contributed by atoms with van der Waals surface area (Å²) in [5.74, 6) is -0.0712. The van der Waals surface area contributed by atoms with Gasteiger partial charge in [0.1, 0.15) is 0 Å². The van der Waals surface area contributed by atoms with Crippen LogP contribution in [0.3, 0.4) is 0 Å². The molecule has 1 aliphatic carbocycles. The van der Waals surface area contributed by atoms with Crippen molar-refractivity contribution in [2.45, 2.75) is 32.4 Å². The number of aromatic nitrogens is 2. The maximum atomic E-state index is 11.9. The molecule has 2 atom stereocenters. The molecule has 5 heteroatoms. The van der Waals surface area contributed by atoms with Crippen molar-refractivity contribution in [3.05, 3.63) is 18.0 Å². The van der Waals surface area contributed by atoms with E-state index in [1.54, 1.807) is 24.1 Å². The number of hydrogen-bond donors (Lipinski definition) is 2. The zero-order valence-corrected chi connectivity index (χ0v) is 9.90. The van der Waals surface area contributed by atoms with Gasteiger partial charge in [0, 0.05) is 30.7 Å². The van der Waals surface area contributed by atoms with E-state index in [4.69, 9.17) is 5.73 Å². The van der Waals surface area contributed by atoms with Crippen LogP contribution in [-0.4, -0.2) is 27.8 Å². The SMILES string of the molecule is Cn1cc(C(=O)NC2CC(N)C2(C)C)cn1. The molecule has 1 amide bonds. The molecule has 1 aromatic heterocycles. The first kappa shape index (κ1) is 11.1. The van der Waals surface area contributed by atoms with E-state index in [0.717, 1.165) is 6.42 Å². The van der Waals surface area contributed by atoms with E-state index in [0.29, 0.717) is 5.56 Å². The Bertz CT molecular complexity index is 410. The Hall–Kier alpha value is -1.36. The van der Waals surface area contributed by atoms with Gasteiger partial charge in [-0.1, -0.05) is 13.8 Å². The highest BCUT2D eigenvalue weighted by molar-refractivity contribution is 5.94. The number of carbonyl (C=O) groups is 1. The topological polar surface area (TPSA) is 72.9 Å². The molecule has 16 heavy (non-hydrogen) atoms. The second-order valence-electron chi connectivity index (χ2n) is 5.09. The van der Waals surface area contributed by atoms with Gasteiger partial charge in [0.05, 0.1) is 11.8 Å². The maximum Gasteiger partial charge on any atom is 0.254 e. The average Bonchev–Trinajstić information content (AvgIpc) is 2.64. The number of nitrogens with one attached hydrogen (secondary N) is 1. The van der Waals surface area contributed by atoms with Crippen LogP contribution < -0.4 is 11.1 Å².